The second-order valence-electron chi connectivity index (χ2n) is 8.46. The lowest BCUT2D eigenvalue weighted by atomic mass is 9.78. The fourth-order valence-electron chi connectivity index (χ4n) is 4.80. The molecule has 1 fully saturated rings. The fraction of sp³-hybridized carbons (Fsp3) is 0.360. The number of fused-ring (bicyclic) bond motifs is 1. The molecule has 0 saturated heterocycles. The standard InChI is InChI=1S/C25H26N2O7/c1-33-20-11-18(25(31)32)19(12-21(20)34-2)26-22(28)15-8-4-3-7-14(15)13-27-23(29)16-9-5-6-10-17(16)24(27)30/h5-6,9-12,14-15H,3-4,7-8,13H2,1-2H3,(H,26,28)(H,31,32). The van der Waals surface area contributed by atoms with Crippen molar-refractivity contribution in [3.8, 4) is 11.5 Å². The molecule has 2 N–H and O–H groups in total. The summed E-state index contributed by atoms with van der Waals surface area (Å²) in [7, 11) is 2.82. The molecule has 2 atom stereocenters. The maximum Gasteiger partial charge on any atom is 0.337 e. The van der Waals surface area contributed by atoms with Gasteiger partial charge >= 0.3 is 5.97 Å². The molecule has 0 radical (unpaired) electrons. The summed E-state index contributed by atoms with van der Waals surface area (Å²) in [5, 5.41) is 12.4. The number of rotatable bonds is 7. The number of hydrogen-bond donors (Lipinski definition) is 2. The van der Waals surface area contributed by atoms with Gasteiger partial charge in [0.05, 0.1) is 36.6 Å². The Morgan fingerprint density at radius 3 is 2.18 bits per heavy atom. The molecule has 2 aromatic rings. The normalized spacial score (nSPS) is 19.5. The van der Waals surface area contributed by atoms with Crippen molar-refractivity contribution in [3.63, 3.8) is 0 Å². The van der Waals surface area contributed by atoms with Crippen LogP contribution in [0.4, 0.5) is 5.69 Å². The third kappa shape index (κ3) is 4.21. The predicted octanol–water partition coefficient (Wildman–Crippen LogP) is 3.44. The van der Waals surface area contributed by atoms with E-state index in [2.05, 4.69) is 5.32 Å². The molecule has 1 saturated carbocycles. The van der Waals surface area contributed by atoms with Gasteiger partial charge in [0.25, 0.3) is 11.8 Å². The first-order valence-corrected chi connectivity index (χ1v) is 11.1. The molecule has 9 heteroatoms. The fourth-order valence-corrected chi connectivity index (χ4v) is 4.80. The van der Waals surface area contributed by atoms with E-state index >= 15 is 0 Å². The van der Waals surface area contributed by atoms with E-state index in [0.717, 1.165) is 12.8 Å². The minimum absolute atomic E-state index is 0.0974. The Labute approximate surface area is 196 Å². The number of carbonyl (C=O) groups excluding carboxylic acids is 3. The van der Waals surface area contributed by atoms with E-state index in [1.807, 2.05) is 0 Å². The number of methoxy groups -OCH3 is 2. The number of anilines is 1. The molecule has 2 unspecified atom stereocenters. The van der Waals surface area contributed by atoms with Crippen LogP contribution in [-0.2, 0) is 4.79 Å². The van der Waals surface area contributed by atoms with Crippen LogP contribution in [0.5, 0.6) is 11.5 Å². The van der Waals surface area contributed by atoms with Gasteiger partial charge in [-0.25, -0.2) is 4.79 Å². The largest absolute Gasteiger partial charge is 0.493 e. The molecule has 0 bridgehead atoms. The molecule has 0 spiro atoms. The second-order valence-corrected chi connectivity index (χ2v) is 8.46. The number of carboxylic acid groups (broad SMARTS) is 1. The molecule has 4 rings (SSSR count). The third-order valence-electron chi connectivity index (χ3n) is 6.55. The van der Waals surface area contributed by atoms with Gasteiger partial charge in [0.1, 0.15) is 0 Å². The van der Waals surface area contributed by atoms with Gasteiger partial charge in [-0.05, 0) is 30.9 Å². The van der Waals surface area contributed by atoms with Crippen molar-refractivity contribution in [1.82, 2.24) is 4.90 Å². The van der Waals surface area contributed by atoms with Crippen molar-refractivity contribution in [1.29, 1.82) is 0 Å². The van der Waals surface area contributed by atoms with Gasteiger partial charge in [-0.2, -0.15) is 0 Å². The average molecular weight is 466 g/mol. The van der Waals surface area contributed by atoms with E-state index in [-0.39, 0.29) is 52.9 Å². The van der Waals surface area contributed by atoms with E-state index in [4.69, 9.17) is 9.47 Å². The highest BCUT2D eigenvalue weighted by Crippen LogP contribution is 2.36. The number of benzene rings is 2. The number of amides is 3. The summed E-state index contributed by atoms with van der Waals surface area (Å²) in [5.41, 5.74) is 0.723. The summed E-state index contributed by atoms with van der Waals surface area (Å²) in [6, 6.07) is 9.41. The first kappa shape index (κ1) is 23.3. The highest BCUT2D eigenvalue weighted by Gasteiger charge is 2.40. The zero-order valence-electron chi connectivity index (χ0n) is 19.0. The van der Waals surface area contributed by atoms with E-state index in [1.54, 1.807) is 24.3 Å². The summed E-state index contributed by atoms with van der Waals surface area (Å²) in [6.45, 7) is 0.141. The van der Waals surface area contributed by atoms with Gasteiger partial charge in [-0.15, -0.1) is 0 Å². The molecule has 9 nitrogen and oxygen atoms in total. The molecule has 2 aromatic carbocycles. The van der Waals surface area contributed by atoms with Crippen molar-refractivity contribution >= 4 is 29.4 Å². The van der Waals surface area contributed by atoms with Crippen LogP contribution >= 0.6 is 0 Å². The average Bonchev–Trinajstić information content (AvgIpc) is 3.08. The second kappa shape index (κ2) is 9.54. The van der Waals surface area contributed by atoms with Crippen molar-refractivity contribution in [2.75, 3.05) is 26.1 Å². The molecule has 3 amide bonds. The first-order chi connectivity index (χ1) is 16.3. The number of nitrogens with zero attached hydrogens (tertiary/aromatic N) is 1. The highest BCUT2D eigenvalue weighted by molar-refractivity contribution is 6.21. The monoisotopic (exact) mass is 466 g/mol. The van der Waals surface area contributed by atoms with Crippen LogP contribution in [0.15, 0.2) is 36.4 Å². The topological polar surface area (TPSA) is 122 Å². The van der Waals surface area contributed by atoms with Crippen molar-refractivity contribution < 1.29 is 33.8 Å². The summed E-state index contributed by atoms with van der Waals surface area (Å²) < 4.78 is 10.4. The number of carbonyl (C=O) groups is 4. The molecular weight excluding hydrogens is 440 g/mol. The molecule has 1 heterocycles. The zero-order valence-corrected chi connectivity index (χ0v) is 19.0. The van der Waals surface area contributed by atoms with Gasteiger partial charge in [0.15, 0.2) is 11.5 Å². The van der Waals surface area contributed by atoms with Gasteiger partial charge in [-0.1, -0.05) is 25.0 Å². The maximum atomic E-state index is 13.3. The van der Waals surface area contributed by atoms with Gasteiger partial charge in [0, 0.05) is 24.6 Å². The molecular formula is C25H26N2O7. The minimum atomic E-state index is -1.22. The van der Waals surface area contributed by atoms with Crippen LogP contribution < -0.4 is 14.8 Å². The predicted molar refractivity (Wildman–Crippen MR) is 122 cm³/mol. The quantitative estimate of drug-likeness (QED) is 0.599. The first-order valence-electron chi connectivity index (χ1n) is 11.1. The Morgan fingerprint density at radius 1 is 1.00 bits per heavy atom. The summed E-state index contributed by atoms with van der Waals surface area (Å²) >= 11 is 0. The Balaban J connectivity index is 1.56. The van der Waals surface area contributed by atoms with Crippen LogP contribution in [-0.4, -0.2) is 54.5 Å². The van der Waals surface area contributed by atoms with Crippen molar-refractivity contribution in [3.05, 3.63) is 53.1 Å². The van der Waals surface area contributed by atoms with Crippen molar-refractivity contribution in [2.45, 2.75) is 25.7 Å². The van der Waals surface area contributed by atoms with E-state index in [0.29, 0.717) is 24.0 Å². The van der Waals surface area contributed by atoms with Gasteiger partial charge in [0.2, 0.25) is 5.91 Å². The lowest BCUT2D eigenvalue weighted by Gasteiger charge is -2.33. The van der Waals surface area contributed by atoms with Crippen LogP contribution in [0, 0.1) is 11.8 Å². The number of aromatic carboxylic acids is 1. The lowest BCUT2D eigenvalue weighted by Crippen LogP contribution is -2.41. The van der Waals surface area contributed by atoms with Crippen LogP contribution in [0.25, 0.3) is 0 Å². The molecule has 1 aliphatic heterocycles. The number of hydrogen-bond acceptors (Lipinski definition) is 6. The van der Waals surface area contributed by atoms with Crippen molar-refractivity contribution in [2.24, 2.45) is 11.8 Å². The zero-order chi connectivity index (χ0) is 24.4. The van der Waals surface area contributed by atoms with Crippen LogP contribution in [0.3, 0.4) is 0 Å². The Hall–Kier alpha value is -3.88. The Bertz CT molecular complexity index is 1120. The lowest BCUT2D eigenvalue weighted by molar-refractivity contribution is -0.122. The SMILES string of the molecule is COc1cc(NC(=O)C2CCCCC2CN2C(=O)c3ccccc3C2=O)c(C(=O)O)cc1OC. The van der Waals surface area contributed by atoms with Crippen LogP contribution in [0.1, 0.15) is 56.8 Å². The molecule has 178 valence electrons. The molecule has 34 heavy (non-hydrogen) atoms. The third-order valence-corrected chi connectivity index (χ3v) is 6.55. The van der Waals surface area contributed by atoms with Crippen LogP contribution in [0.2, 0.25) is 0 Å². The van der Waals surface area contributed by atoms with Gasteiger partial charge in [-0.3, -0.25) is 19.3 Å². The smallest absolute Gasteiger partial charge is 0.337 e. The maximum absolute atomic E-state index is 13.3. The molecule has 0 aromatic heterocycles. The number of ether oxygens (including phenoxy) is 2. The number of nitrogens with one attached hydrogen (secondary N) is 1. The molecule has 2 aliphatic rings. The summed E-state index contributed by atoms with van der Waals surface area (Å²) in [4.78, 5) is 51.9. The highest BCUT2D eigenvalue weighted by atomic mass is 16.5. The van der Waals surface area contributed by atoms with E-state index in [9.17, 15) is 24.3 Å². The molecule has 1 aliphatic carbocycles. The van der Waals surface area contributed by atoms with E-state index in [1.165, 1.54) is 31.3 Å². The Morgan fingerprint density at radius 2 is 1.59 bits per heavy atom. The minimum Gasteiger partial charge on any atom is -0.493 e. The van der Waals surface area contributed by atoms with Gasteiger partial charge < -0.3 is 19.9 Å². The summed E-state index contributed by atoms with van der Waals surface area (Å²) in [5.74, 6) is -2.46. The summed E-state index contributed by atoms with van der Waals surface area (Å²) in [6.07, 6.45) is 2.97. The Kier molecular flexibility index (Phi) is 6.54. The van der Waals surface area contributed by atoms with E-state index < -0.39 is 11.9 Å². The number of carboxylic acids is 1. The number of imide groups is 1.